The maximum atomic E-state index is 5.59. The van der Waals surface area contributed by atoms with Gasteiger partial charge in [0.1, 0.15) is 12.4 Å². The van der Waals surface area contributed by atoms with Crippen LogP contribution in [0.5, 0.6) is 5.75 Å². The molecular formula is C18H30IN3O2S. The van der Waals surface area contributed by atoms with Crippen molar-refractivity contribution in [1.82, 2.24) is 10.2 Å². The zero-order valence-electron chi connectivity index (χ0n) is 15.6. The van der Waals surface area contributed by atoms with E-state index < -0.39 is 0 Å². The standard InChI is InChI=1S/C18H29N3O2S.HI/c1-18(2)14-21(9-12-24-18)17(19-3)20-13-15-5-7-16(8-6-15)23-11-10-22-4;/h5-8H,9-14H2,1-4H3,(H,19,20);1H. The van der Waals surface area contributed by atoms with Gasteiger partial charge in [-0.1, -0.05) is 12.1 Å². The summed E-state index contributed by atoms with van der Waals surface area (Å²) in [5, 5.41) is 3.47. The Bertz CT molecular complexity index is 538. The van der Waals surface area contributed by atoms with E-state index in [-0.39, 0.29) is 28.7 Å². The normalized spacial score (nSPS) is 17.0. The monoisotopic (exact) mass is 479 g/mol. The van der Waals surface area contributed by atoms with Crippen LogP contribution in [0.1, 0.15) is 19.4 Å². The number of nitrogens with zero attached hydrogens (tertiary/aromatic N) is 2. The number of aliphatic imine (C=N–C) groups is 1. The minimum absolute atomic E-state index is 0. The highest BCUT2D eigenvalue weighted by atomic mass is 127. The van der Waals surface area contributed by atoms with E-state index in [1.807, 2.05) is 30.9 Å². The summed E-state index contributed by atoms with van der Waals surface area (Å²) in [5.41, 5.74) is 1.21. The SMILES string of the molecule is CN=C(NCc1ccc(OCCOC)cc1)N1CCSC(C)(C)C1.I. The fraction of sp³-hybridized carbons (Fsp3) is 0.611. The minimum Gasteiger partial charge on any atom is -0.491 e. The molecule has 1 aromatic carbocycles. The third-order valence-electron chi connectivity index (χ3n) is 3.87. The van der Waals surface area contributed by atoms with Gasteiger partial charge in [-0.25, -0.2) is 0 Å². The van der Waals surface area contributed by atoms with Crippen LogP contribution >= 0.6 is 35.7 Å². The Balaban J connectivity index is 0.00000312. The number of halogens is 1. The predicted octanol–water partition coefficient (Wildman–Crippen LogP) is 3.23. The summed E-state index contributed by atoms with van der Waals surface area (Å²) in [7, 11) is 3.52. The Labute approximate surface area is 173 Å². The average Bonchev–Trinajstić information content (AvgIpc) is 2.56. The van der Waals surface area contributed by atoms with E-state index in [9.17, 15) is 0 Å². The molecule has 5 nitrogen and oxygen atoms in total. The summed E-state index contributed by atoms with van der Waals surface area (Å²) < 4.78 is 10.8. The van der Waals surface area contributed by atoms with Crippen molar-refractivity contribution < 1.29 is 9.47 Å². The molecular weight excluding hydrogens is 449 g/mol. The lowest BCUT2D eigenvalue weighted by atomic mass is 10.2. The van der Waals surface area contributed by atoms with Gasteiger partial charge in [-0.3, -0.25) is 4.99 Å². The molecule has 1 fully saturated rings. The first-order valence-electron chi connectivity index (χ1n) is 8.34. The molecule has 0 saturated carbocycles. The number of benzene rings is 1. The largest absolute Gasteiger partial charge is 0.491 e. The molecule has 7 heteroatoms. The summed E-state index contributed by atoms with van der Waals surface area (Å²) in [6, 6.07) is 8.16. The molecule has 2 rings (SSSR count). The minimum atomic E-state index is 0. The molecule has 1 saturated heterocycles. The van der Waals surface area contributed by atoms with E-state index in [0.717, 1.165) is 37.1 Å². The van der Waals surface area contributed by atoms with E-state index in [1.165, 1.54) is 5.56 Å². The molecule has 0 amide bonds. The van der Waals surface area contributed by atoms with Gasteiger partial charge in [-0.15, -0.1) is 24.0 Å². The van der Waals surface area contributed by atoms with Gasteiger partial charge in [-0.2, -0.15) is 11.8 Å². The van der Waals surface area contributed by atoms with Gasteiger partial charge in [0, 0.05) is 44.3 Å². The first-order chi connectivity index (χ1) is 11.5. The lowest BCUT2D eigenvalue weighted by molar-refractivity contribution is 0.146. The number of hydrogen-bond donors (Lipinski definition) is 1. The third-order valence-corrected chi connectivity index (χ3v) is 5.16. The van der Waals surface area contributed by atoms with Crippen LogP contribution in [0.25, 0.3) is 0 Å². The maximum Gasteiger partial charge on any atom is 0.193 e. The van der Waals surface area contributed by atoms with Crippen molar-refractivity contribution in [1.29, 1.82) is 0 Å². The van der Waals surface area contributed by atoms with E-state index >= 15 is 0 Å². The number of guanidine groups is 1. The van der Waals surface area contributed by atoms with Gasteiger partial charge in [0.2, 0.25) is 0 Å². The Morgan fingerprint density at radius 3 is 2.60 bits per heavy atom. The summed E-state index contributed by atoms with van der Waals surface area (Å²) in [5.74, 6) is 2.99. The predicted molar refractivity (Wildman–Crippen MR) is 118 cm³/mol. The first-order valence-corrected chi connectivity index (χ1v) is 9.33. The van der Waals surface area contributed by atoms with Crippen LogP contribution in [0.15, 0.2) is 29.3 Å². The molecule has 1 aromatic rings. The number of ether oxygens (including phenoxy) is 2. The van der Waals surface area contributed by atoms with Crippen LogP contribution in [0, 0.1) is 0 Å². The number of hydrogen-bond acceptors (Lipinski definition) is 4. The molecule has 1 N–H and O–H groups in total. The molecule has 1 heterocycles. The van der Waals surface area contributed by atoms with Gasteiger partial charge in [0.25, 0.3) is 0 Å². The van der Waals surface area contributed by atoms with Crippen LogP contribution in [-0.4, -0.2) is 61.8 Å². The summed E-state index contributed by atoms with van der Waals surface area (Å²) in [4.78, 5) is 6.79. The van der Waals surface area contributed by atoms with Crippen molar-refractivity contribution in [3.63, 3.8) is 0 Å². The number of thioether (sulfide) groups is 1. The molecule has 0 unspecified atom stereocenters. The van der Waals surface area contributed by atoms with Crippen molar-refractivity contribution in [3.05, 3.63) is 29.8 Å². The number of nitrogens with one attached hydrogen (secondary N) is 1. The highest BCUT2D eigenvalue weighted by molar-refractivity contribution is 14.0. The van der Waals surface area contributed by atoms with Gasteiger partial charge >= 0.3 is 0 Å². The van der Waals surface area contributed by atoms with E-state index in [4.69, 9.17) is 9.47 Å². The highest BCUT2D eigenvalue weighted by Gasteiger charge is 2.28. The molecule has 1 aliphatic rings. The molecule has 0 aromatic heterocycles. The maximum absolute atomic E-state index is 5.59. The van der Waals surface area contributed by atoms with Gasteiger partial charge in [-0.05, 0) is 31.5 Å². The molecule has 0 radical (unpaired) electrons. The van der Waals surface area contributed by atoms with Crippen LogP contribution in [0.3, 0.4) is 0 Å². The second kappa shape index (κ2) is 11.1. The fourth-order valence-corrected chi connectivity index (χ4v) is 3.77. The van der Waals surface area contributed by atoms with Crippen LogP contribution in [0.4, 0.5) is 0 Å². The smallest absolute Gasteiger partial charge is 0.193 e. The van der Waals surface area contributed by atoms with E-state index in [0.29, 0.717) is 13.2 Å². The van der Waals surface area contributed by atoms with Gasteiger partial charge < -0.3 is 19.7 Å². The van der Waals surface area contributed by atoms with Crippen LogP contribution < -0.4 is 10.1 Å². The molecule has 1 aliphatic heterocycles. The van der Waals surface area contributed by atoms with Gasteiger partial charge in [0.05, 0.1) is 6.61 Å². The quantitative estimate of drug-likeness (QED) is 0.294. The van der Waals surface area contributed by atoms with Crippen molar-refractivity contribution in [3.8, 4) is 5.75 Å². The molecule has 142 valence electrons. The third kappa shape index (κ3) is 7.62. The summed E-state index contributed by atoms with van der Waals surface area (Å²) >= 11 is 2.03. The Hall–Kier alpha value is -0.670. The van der Waals surface area contributed by atoms with Crippen molar-refractivity contribution in [2.24, 2.45) is 4.99 Å². The van der Waals surface area contributed by atoms with Crippen LogP contribution in [-0.2, 0) is 11.3 Å². The summed E-state index contributed by atoms with van der Waals surface area (Å²) in [6.45, 7) is 8.57. The topological polar surface area (TPSA) is 46.1 Å². The number of rotatable bonds is 6. The summed E-state index contributed by atoms with van der Waals surface area (Å²) in [6.07, 6.45) is 0. The molecule has 25 heavy (non-hydrogen) atoms. The molecule has 0 spiro atoms. The zero-order chi connectivity index (χ0) is 17.4. The Morgan fingerprint density at radius 1 is 1.28 bits per heavy atom. The molecule has 0 atom stereocenters. The highest BCUT2D eigenvalue weighted by Crippen LogP contribution is 2.29. The zero-order valence-corrected chi connectivity index (χ0v) is 18.7. The van der Waals surface area contributed by atoms with Crippen molar-refractivity contribution >= 4 is 41.7 Å². The fourth-order valence-electron chi connectivity index (χ4n) is 2.66. The second-order valence-electron chi connectivity index (χ2n) is 6.42. The van der Waals surface area contributed by atoms with E-state index in [1.54, 1.807) is 7.11 Å². The van der Waals surface area contributed by atoms with Gasteiger partial charge in [0.15, 0.2) is 5.96 Å². The lowest BCUT2D eigenvalue weighted by Crippen LogP contribution is -2.50. The molecule has 0 aliphatic carbocycles. The Kier molecular flexibility index (Phi) is 9.96. The number of methoxy groups -OCH3 is 1. The average molecular weight is 479 g/mol. The second-order valence-corrected chi connectivity index (χ2v) is 8.22. The lowest BCUT2D eigenvalue weighted by Gasteiger charge is -2.39. The Morgan fingerprint density at radius 2 is 2.00 bits per heavy atom. The molecule has 0 bridgehead atoms. The van der Waals surface area contributed by atoms with E-state index in [2.05, 4.69) is 41.2 Å². The van der Waals surface area contributed by atoms with Crippen molar-refractivity contribution in [2.45, 2.75) is 25.1 Å². The van der Waals surface area contributed by atoms with Crippen molar-refractivity contribution in [2.75, 3.05) is 46.2 Å². The van der Waals surface area contributed by atoms with Crippen LogP contribution in [0.2, 0.25) is 0 Å². The first kappa shape index (κ1) is 22.4.